The zero-order valence-electron chi connectivity index (χ0n) is 18.2. The fourth-order valence-electron chi connectivity index (χ4n) is 3.55. The van der Waals surface area contributed by atoms with Crippen molar-refractivity contribution in [3.8, 4) is 0 Å². The van der Waals surface area contributed by atoms with E-state index < -0.39 is 11.0 Å². The van der Waals surface area contributed by atoms with Crippen LogP contribution >= 0.6 is 11.3 Å². The molecule has 0 saturated carbocycles. The van der Waals surface area contributed by atoms with Crippen LogP contribution in [0.15, 0.2) is 36.4 Å². The predicted octanol–water partition coefficient (Wildman–Crippen LogP) is 2.70. The van der Waals surface area contributed by atoms with E-state index in [-0.39, 0.29) is 28.6 Å². The van der Waals surface area contributed by atoms with Crippen LogP contribution in [-0.4, -0.2) is 64.7 Å². The van der Waals surface area contributed by atoms with E-state index in [1.54, 1.807) is 28.0 Å². The fourth-order valence-corrected chi connectivity index (χ4v) is 4.34. The van der Waals surface area contributed by atoms with Gasteiger partial charge in [0.15, 0.2) is 0 Å². The molecular weight excluding hydrogens is 432 g/mol. The minimum absolute atomic E-state index is 0.0775. The number of nitrogens with zero attached hydrogens (tertiary/aromatic N) is 3. The first kappa shape index (κ1) is 23.4. The molecule has 170 valence electrons. The highest BCUT2D eigenvalue weighted by atomic mass is 32.1. The number of nitro groups is 1. The highest BCUT2D eigenvalue weighted by Crippen LogP contribution is 2.25. The Labute approximate surface area is 190 Å². The molecule has 0 bridgehead atoms. The average molecular weight is 459 g/mol. The number of hydrogen-bond donors (Lipinski definition) is 1. The van der Waals surface area contributed by atoms with Crippen LogP contribution in [0.2, 0.25) is 0 Å². The largest absolute Gasteiger partial charge is 0.340 e. The molecule has 2 aromatic rings. The molecule has 2 heterocycles. The number of benzene rings is 1. The molecule has 32 heavy (non-hydrogen) atoms. The van der Waals surface area contributed by atoms with Crippen LogP contribution in [0.3, 0.4) is 0 Å². The van der Waals surface area contributed by atoms with Crippen LogP contribution in [0.5, 0.6) is 0 Å². The van der Waals surface area contributed by atoms with Gasteiger partial charge in [0.25, 0.3) is 11.8 Å². The smallest absolute Gasteiger partial charge is 0.324 e. The van der Waals surface area contributed by atoms with Crippen molar-refractivity contribution < 1.29 is 19.3 Å². The van der Waals surface area contributed by atoms with E-state index in [0.717, 1.165) is 16.9 Å². The number of hydrogen-bond acceptors (Lipinski definition) is 6. The molecule has 1 atom stereocenters. The molecule has 9 nitrogen and oxygen atoms in total. The Hall–Kier alpha value is -3.27. The van der Waals surface area contributed by atoms with E-state index in [1.165, 1.54) is 12.1 Å². The summed E-state index contributed by atoms with van der Waals surface area (Å²) in [5.41, 5.74) is 1.46. The molecule has 1 fully saturated rings. The predicted molar refractivity (Wildman–Crippen MR) is 121 cm³/mol. The van der Waals surface area contributed by atoms with Crippen molar-refractivity contribution in [1.82, 2.24) is 15.1 Å². The first-order valence-corrected chi connectivity index (χ1v) is 11.2. The molecule has 0 spiro atoms. The summed E-state index contributed by atoms with van der Waals surface area (Å²) in [5, 5.41) is 13.6. The Morgan fingerprint density at radius 2 is 1.72 bits per heavy atom. The standard InChI is InChI=1S/C22H26N4O5S/c1-14(2)19(23-20(27)16-6-4-5-15(3)13-16)22(29)25-11-9-24(10-12-25)21(28)17-7-8-18(32-17)26(30)31/h4-8,13-14,19H,9-12H2,1-3H3,(H,23,27). The van der Waals surface area contributed by atoms with E-state index >= 15 is 0 Å². The summed E-state index contributed by atoms with van der Waals surface area (Å²) in [6.07, 6.45) is 0. The van der Waals surface area contributed by atoms with E-state index in [4.69, 9.17) is 0 Å². The summed E-state index contributed by atoms with van der Waals surface area (Å²) in [6, 6.07) is 9.29. The third kappa shape index (κ3) is 5.31. The Bertz CT molecular complexity index is 1030. The lowest BCUT2D eigenvalue weighted by atomic mass is 10.0. The van der Waals surface area contributed by atoms with Crippen LogP contribution in [0.4, 0.5) is 5.00 Å². The molecule has 10 heteroatoms. The van der Waals surface area contributed by atoms with E-state index in [1.807, 2.05) is 26.8 Å². The second kappa shape index (κ2) is 9.90. The van der Waals surface area contributed by atoms with Crippen LogP contribution in [-0.2, 0) is 4.79 Å². The maximum Gasteiger partial charge on any atom is 0.324 e. The van der Waals surface area contributed by atoms with E-state index in [9.17, 15) is 24.5 Å². The zero-order chi connectivity index (χ0) is 23.4. The van der Waals surface area contributed by atoms with Gasteiger partial charge in [-0.05, 0) is 31.0 Å². The van der Waals surface area contributed by atoms with Gasteiger partial charge in [0.2, 0.25) is 5.91 Å². The minimum Gasteiger partial charge on any atom is -0.340 e. The Morgan fingerprint density at radius 1 is 1.06 bits per heavy atom. The van der Waals surface area contributed by atoms with Gasteiger partial charge in [0.05, 0.1) is 9.80 Å². The summed E-state index contributed by atoms with van der Waals surface area (Å²) in [7, 11) is 0. The SMILES string of the molecule is Cc1cccc(C(=O)NC(C(=O)N2CCN(C(=O)c3ccc([N+](=O)[O-])s3)CC2)C(C)C)c1. The number of carbonyl (C=O) groups is 3. The van der Waals surface area contributed by atoms with Gasteiger partial charge >= 0.3 is 5.00 Å². The summed E-state index contributed by atoms with van der Waals surface area (Å²) in [4.78, 5) is 52.3. The molecular formula is C22H26N4O5S. The number of carbonyl (C=O) groups excluding carboxylic acids is 3. The molecule has 3 rings (SSSR count). The highest BCUT2D eigenvalue weighted by molar-refractivity contribution is 7.17. The van der Waals surface area contributed by atoms with Gasteiger partial charge in [0.1, 0.15) is 6.04 Å². The third-order valence-electron chi connectivity index (χ3n) is 5.36. The lowest BCUT2D eigenvalue weighted by Gasteiger charge is -2.37. The molecule has 1 saturated heterocycles. The number of rotatable bonds is 6. The van der Waals surface area contributed by atoms with Crippen LogP contribution < -0.4 is 5.32 Å². The van der Waals surface area contributed by atoms with Crippen molar-refractivity contribution in [1.29, 1.82) is 0 Å². The summed E-state index contributed by atoms with van der Waals surface area (Å²) < 4.78 is 0. The number of amides is 3. The molecule has 1 unspecified atom stereocenters. The molecule has 1 aromatic heterocycles. The van der Waals surface area contributed by atoms with Crippen molar-refractivity contribution in [2.24, 2.45) is 5.92 Å². The van der Waals surface area contributed by atoms with Gasteiger partial charge in [-0.15, -0.1) is 0 Å². The average Bonchev–Trinajstić information content (AvgIpc) is 3.27. The molecule has 0 aliphatic carbocycles. The Morgan fingerprint density at radius 3 is 2.28 bits per heavy atom. The van der Waals surface area contributed by atoms with Gasteiger partial charge in [-0.3, -0.25) is 24.5 Å². The summed E-state index contributed by atoms with van der Waals surface area (Å²) in [6.45, 7) is 6.98. The minimum atomic E-state index is -0.676. The van der Waals surface area contributed by atoms with Crippen LogP contribution in [0, 0.1) is 23.0 Å². The van der Waals surface area contributed by atoms with Crippen molar-refractivity contribution in [3.63, 3.8) is 0 Å². The Balaban J connectivity index is 1.61. The highest BCUT2D eigenvalue weighted by Gasteiger charge is 2.32. The third-order valence-corrected chi connectivity index (χ3v) is 6.39. The van der Waals surface area contributed by atoms with Crippen molar-refractivity contribution in [2.45, 2.75) is 26.8 Å². The fraction of sp³-hybridized carbons (Fsp3) is 0.409. The van der Waals surface area contributed by atoms with Gasteiger partial charge in [0, 0.05) is 37.8 Å². The second-order valence-electron chi connectivity index (χ2n) is 8.08. The van der Waals surface area contributed by atoms with Gasteiger partial charge in [-0.25, -0.2) is 0 Å². The second-order valence-corrected chi connectivity index (χ2v) is 9.14. The summed E-state index contributed by atoms with van der Waals surface area (Å²) >= 11 is 0.846. The van der Waals surface area contributed by atoms with Crippen LogP contribution in [0.25, 0.3) is 0 Å². The normalized spacial score (nSPS) is 14.9. The molecule has 0 radical (unpaired) electrons. The first-order chi connectivity index (χ1) is 15.2. The topological polar surface area (TPSA) is 113 Å². The number of nitrogens with one attached hydrogen (secondary N) is 1. The maximum absolute atomic E-state index is 13.1. The van der Waals surface area contributed by atoms with E-state index in [0.29, 0.717) is 36.6 Å². The van der Waals surface area contributed by atoms with Crippen molar-refractivity contribution in [2.75, 3.05) is 26.2 Å². The van der Waals surface area contributed by atoms with Gasteiger partial charge in [-0.1, -0.05) is 42.9 Å². The lowest BCUT2D eigenvalue weighted by molar-refractivity contribution is -0.380. The zero-order valence-corrected chi connectivity index (χ0v) is 19.1. The number of thiophene rings is 1. The maximum atomic E-state index is 13.1. The number of aryl methyl sites for hydroxylation is 1. The molecule has 1 aliphatic heterocycles. The lowest BCUT2D eigenvalue weighted by Crippen LogP contribution is -2.57. The van der Waals surface area contributed by atoms with Crippen LogP contribution in [0.1, 0.15) is 39.4 Å². The quantitative estimate of drug-likeness (QED) is 0.528. The molecule has 1 N–H and O–H groups in total. The number of piperazine rings is 1. The Kier molecular flexibility index (Phi) is 7.24. The first-order valence-electron chi connectivity index (χ1n) is 10.4. The summed E-state index contributed by atoms with van der Waals surface area (Å²) in [5.74, 6) is -0.861. The van der Waals surface area contributed by atoms with Gasteiger partial charge < -0.3 is 15.1 Å². The van der Waals surface area contributed by atoms with Crippen molar-refractivity contribution in [3.05, 3.63) is 62.5 Å². The monoisotopic (exact) mass is 458 g/mol. The van der Waals surface area contributed by atoms with Crippen molar-refractivity contribution >= 4 is 34.1 Å². The molecule has 1 aromatic carbocycles. The molecule has 3 amide bonds. The molecule has 1 aliphatic rings. The van der Waals surface area contributed by atoms with Gasteiger partial charge in [-0.2, -0.15) is 0 Å². The van der Waals surface area contributed by atoms with E-state index in [2.05, 4.69) is 5.32 Å².